The number of carboxylic acids is 1. The van der Waals surface area contributed by atoms with Crippen LogP contribution >= 0.6 is 0 Å². The van der Waals surface area contributed by atoms with E-state index >= 15 is 0 Å². The van der Waals surface area contributed by atoms with Crippen molar-refractivity contribution in [2.75, 3.05) is 18.0 Å². The van der Waals surface area contributed by atoms with Crippen LogP contribution in [0.15, 0.2) is 24.5 Å². The number of aromatic nitrogens is 1. The van der Waals surface area contributed by atoms with Gasteiger partial charge in [0.15, 0.2) is 0 Å². The van der Waals surface area contributed by atoms with Gasteiger partial charge in [-0.15, -0.1) is 0 Å². The summed E-state index contributed by atoms with van der Waals surface area (Å²) >= 11 is 0. The van der Waals surface area contributed by atoms with Gasteiger partial charge in [-0.1, -0.05) is 0 Å². The lowest BCUT2D eigenvalue weighted by molar-refractivity contribution is -0.141. The Labute approximate surface area is 88.6 Å². The predicted molar refractivity (Wildman–Crippen MR) is 56.8 cm³/mol. The molecule has 0 aliphatic carbocycles. The van der Waals surface area contributed by atoms with Crippen LogP contribution in [0, 0.1) is 5.92 Å². The Kier molecular flexibility index (Phi) is 2.85. The summed E-state index contributed by atoms with van der Waals surface area (Å²) in [4.78, 5) is 17.0. The average molecular weight is 206 g/mol. The molecular formula is C11H14N2O2. The van der Waals surface area contributed by atoms with Crippen molar-refractivity contribution in [2.45, 2.75) is 12.8 Å². The standard InChI is InChI=1S/C11H14N2O2/c14-11(15)9-2-1-7-13(8-9)10-3-5-12-6-4-10/h3-6,9H,1-2,7-8H2,(H,14,15)/t9-/m0/s1. The molecule has 2 heterocycles. The normalized spacial score (nSPS) is 21.3. The highest BCUT2D eigenvalue weighted by Crippen LogP contribution is 2.22. The van der Waals surface area contributed by atoms with Crippen molar-refractivity contribution in [3.8, 4) is 0 Å². The molecule has 1 aliphatic heterocycles. The van der Waals surface area contributed by atoms with Gasteiger partial charge >= 0.3 is 5.97 Å². The largest absolute Gasteiger partial charge is 0.481 e. The maximum absolute atomic E-state index is 10.9. The number of nitrogens with zero attached hydrogens (tertiary/aromatic N) is 2. The summed E-state index contributed by atoms with van der Waals surface area (Å²) in [6, 6.07) is 3.84. The number of hydrogen-bond donors (Lipinski definition) is 1. The fourth-order valence-corrected chi connectivity index (χ4v) is 1.97. The van der Waals surface area contributed by atoms with E-state index in [9.17, 15) is 4.79 Å². The summed E-state index contributed by atoms with van der Waals surface area (Å²) in [6.07, 6.45) is 5.20. The molecule has 4 heteroatoms. The Morgan fingerprint density at radius 3 is 2.87 bits per heavy atom. The van der Waals surface area contributed by atoms with Crippen LogP contribution in [-0.2, 0) is 4.79 Å². The highest BCUT2D eigenvalue weighted by Gasteiger charge is 2.25. The Morgan fingerprint density at radius 2 is 2.20 bits per heavy atom. The average Bonchev–Trinajstić information content (AvgIpc) is 2.30. The van der Waals surface area contributed by atoms with Crippen LogP contribution in [0.25, 0.3) is 0 Å². The molecule has 0 saturated carbocycles. The second-order valence-electron chi connectivity index (χ2n) is 3.83. The Bertz CT molecular complexity index is 340. The summed E-state index contributed by atoms with van der Waals surface area (Å²) in [5.41, 5.74) is 1.07. The number of hydrogen-bond acceptors (Lipinski definition) is 3. The van der Waals surface area contributed by atoms with Crippen molar-refractivity contribution in [2.24, 2.45) is 5.92 Å². The maximum atomic E-state index is 10.9. The highest BCUT2D eigenvalue weighted by atomic mass is 16.4. The molecule has 0 spiro atoms. The van der Waals surface area contributed by atoms with Crippen LogP contribution < -0.4 is 4.90 Å². The van der Waals surface area contributed by atoms with E-state index in [1.54, 1.807) is 12.4 Å². The predicted octanol–water partition coefficient (Wildman–Crippen LogP) is 1.38. The molecule has 0 radical (unpaired) electrons. The Balaban J connectivity index is 2.08. The van der Waals surface area contributed by atoms with E-state index in [4.69, 9.17) is 5.11 Å². The van der Waals surface area contributed by atoms with Crippen molar-refractivity contribution in [1.29, 1.82) is 0 Å². The van der Waals surface area contributed by atoms with E-state index in [0.717, 1.165) is 25.1 Å². The number of rotatable bonds is 2. The first-order valence-electron chi connectivity index (χ1n) is 5.15. The van der Waals surface area contributed by atoms with Gasteiger partial charge in [0.2, 0.25) is 0 Å². The summed E-state index contributed by atoms with van der Waals surface area (Å²) in [6.45, 7) is 1.55. The zero-order chi connectivity index (χ0) is 10.7. The van der Waals surface area contributed by atoms with Gasteiger partial charge in [-0.25, -0.2) is 0 Å². The first kappa shape index (κ1) is 9.96. The van der Waals surface area contributed by atoms with E-state index in [-0.39, 0.29) is 5.92 Å². The van der Waals surface area contributed by atoms with Crippen LogP contribution in [0.4, 0.5) is 5.69 Å². The van der Waals surface area contributed by atoms with Crippen molar-refractivity contribution >= 4 is 11.7 Å². The van der Waals surface area contributed by atoms with Gasteiger partial charge in [0.1, 0.15) is 0 Å². The SMILES string of the molecule is O=C(O)[C@H]1CCCN(c2ccncc2)C1. The monoisotopic (exact) mass is 206 g/mol. The quantitative estimate of drug-likeness (QED) is 0.794. The molecule has 2 rings (SSSR count). The lowest BCUT2D eigenvalue weighted by Crippen LogP contribution is -2.38. The molecule has 0 unspecified atom stereocenters. The Hall–Kier alpha value is -1.58. The van der Waals surface area contributed by atoms with Crippen molar-refractivity contribution < 1.29 is 9.90 Å². The minimum absolute atomic E-state index is 0.230. The fraction of sp³-hybridized carbons (Fsp3) is 0.455. The molecule has 1 aliphatic rings. The second kappa shape index (κ2) is 4.29. The number of carbonyl (C=O) groups is 1. The molecule has 1 N–H and O–H groups in total. The van der Waals surface area contributed by atoms with E-state index in [1.807, 2.05) is 12.1 Å². The number of piperidine rings is 1. The van der Waals surface area contributed by atoms with Crippen LogP contribution in [0.3, 0.4) is 0 Å². The lowest BCUT2D eigenvalue weighted by atomic mass is 9.98. The summed E-state index contributed by atoms with van der Waals surface area (Å²) in [7, 11) is 0. The van der Waals surface area contributed by atoms with Gasteiger partial charge in [-0.05, 0) is 25.0 Å². The third kappa shape index (κ3) is 2.26. The molecule has 0 aromatic carbocycles. The number of carboxylic acid groups (broad SMARTS) is 1. The van der Waals surface area contributed by atoms with E-state index in [1.165, 1.54) is 0 Å². The van der Waals surface area contributed by atoms with E-state index in [0.29, 0.717) is 6.54 Å². The molecule has 80 valence electrons. The van der Waals surface area contributed by atoms with Gasteiger partial charge in [0.05, 0.1) is 5.92 Å². The van der Waals surface area contributed by atoms with Gasteiger partial charge in [0, 0.05) is 31.2 Å². The van der Waals surface area contributed by atoms with Crippen LogP contribution in [0.1, 0.15) is 12.8 Å². The third-order valence-electron chi connectivity index (χ3n) is 2.80. The summed E-state index contributed by atoms with van der Waals surface area (Å²) in [5.74, 6) is -0.916. The van der Waals surface area contributed by atoms with Crippen LogP contribution in [-0.4, -0.2) is 29.1 Å². The Morgan fingerprint density at radius 1 is 1.47 bits per heavy atom. The first-order valence-corrected chi connectivity index (χ1v) is 5.15. The molecule has 15 heavy (non-hydrogen) atoms. The molecule has 1 aromatic rings. The molecule has 0 bridgehead atoms. The second-order valence-corrected chi connectivity index (χ2v) is 3.83. The van der Waals surface area contributed by atoms with Gasteiger partial charge in [-0.2, -0.15) is 0 Å². The van der Waals surface area contributed by atoms with E-state index in [2.05, 4.69) is 9.88 Å². The molecule has 1 aromatic heterocycles. The summed E-state index contributed by atoms with van der Waals surface area (Å²) in [5, 5.41) is 8.96. The molecule has 1 fully saturated rings. The molecular weight excluding hydrogens is 192 g/mol. The molecule has 1 saturated heterocycles. The highest BCUT2D eigenvalue weighted by molar-refractivity contribution is 5.71. The smallest absolute Gasteiger partial charge is 0.308 e. The first-order chi connectivity index (χ1) is 7.27. The zero-order valence-electron chi connectivity index (χ0n) is 8.47. The maximum Gasteiger partial charge on any atom is 0.308 e. The van der Waals surface area contributed by atoms with E-state index < -0.39 is 5.97 Å². The lowest BCUT2D eigenvalue weighted by Gasteiger charge is -2.32. The zero-order valence-corrected chi connectivity index (χ0v) is 8.47. The van der Waals surface area contributed by atoms with Crippen molar-refractivity contribution in [3.05, 3.63) is 24.5 Å². The minimum Gasteiger partial charge on any atom is -0.481 e. The molecule has 0 amide bonds. The van der Waals surface area contributed by atoms with Gasteiger partial charge in [0.25, 0.3) is 0 Å². The number of aliphatic carboxylic acids is 1. The summed E-state index contributed by atoms with van der Waals surface area (Å²) < 4.78 is 0. The third-order valence-corrected chi connectivity index (χ3v) is 2.80. The molecule has 1 atom stereocenters. The van der Waals surface area contributed by atoms with Gasteiger partial charge in [-0.3, -0.25) is 9.78 Å². The topological polar surface area (TPSA) is 53.4 Å². The van der Waals surface area contributed by atoms with Crippen LogP contribution in [0.5, 0.6) is 0 Å². The van der Waals surface area contributed by atoms with Gasteiger partial charge < -0.3 is 10.0 Å². The van der Waals surface area contributed by atoms with Crippen molar-refractivity contribution in [3.63, 3.8) is 0 Å². The molecule has 4 nitrogen and oxygen atoms in total. The number of pyridine rings is 1. The fourth-order valence-electron chi connectivity index (χ4n) is 1.97. The van der Waals surface area contributed by atoms with Crippen LogP contribution in [0.2, 0.25) is 0 Å². The minimum atomic E-state index is -0.686. The number of anilines is 1. The van der Waals surface area contributed by atoms with Crippen molar-refractivity contribution in [1.82, 2.24) is 4.98 Å².